The van der Waals surface area contributed by atoms with E-state index >= 15 is 0 Å². The third-order valence-electron chi connectivity index (χ3n) is 12.0. The van der Waals surface area contributed by atoms with E-state index < -0.39 is 18.2 Å². The molecule has 7 rings (SSSR count). The number of aromatic nitrogens is 5. The monoisotopic (exact) mass is 946 g/mol. The Labute approximate surface area is 401 Å². The Morgan fingerprint density at radius 3 is 2.41 bits per heavy atom. The summed E-state index contributed by atoms with van der Waals surface area (Å²) in [5.74, 6) is 1.05. The number of hydrogen-bond donors (Lipinski definition) is 5. The standard InChI is InChI=1S/C50H62N10O9/c1-34(54-48(63)36-12-7-13-37(29-36)52-31-44-57-58-47(59(44)2)42-20-21-51-33-53-42)35-11-8-14-38(30-35)69-24-6-4-3-5-22-66-25-27-68-28-26-67-23-10-17-45(61)55-41-16-9-15-39-40(41)32-60(50(39)65)43-18-19-46(62)56-49(43)64/h7-9,11-16,20-21,29-30,33-34,43,50,52,65H,3-6,10,17-19,22-28,31-32H2,1-2H3,(H,54,63)(H,55,61)(H,56,62,64)/t34-,43?,50?/m0/s1. The molecule has 0 aliphatic carbocycles. The molecule has 2 aliphatic rings. The van der Waals surface area contributed by atoms with E-state index in [4.69, 9.17) is 18.9 Å². The van der Waals surface area contributed by atoms with Crippen LogP contribution in [0.2, 0.25) is 0 Å². The molecule has 4 amide bonds. The summed E-state index contributed by atoms with van der Waals surface area (Å²) in [4.78, 5) is 59.9. The number of hydrogen-bond acceptors (Lipinski definition) is 15. The van der Waals surface area contributed by atoms with Gasteiger partial charge < -0.3 is 44.6 Å². The number of benzene rings is 3. The predicted octanol–water partition coefficient (Wildman–Crippen LogP) is 5.39. The van der Waals surface area contributed by atoms with E-state index in [0.29, 0.717) is 94.0 Å². The van der Waals surface area contributed by atoms with Crippen LogP contribution in [0.5, 0.6) is 5.75 Å². The molecule has 366 valence electrons. The molecule has 2 aromatic heterocycles. The van der Waals surface area contributed by atoms with Crippen LogP contribution in [-0.2, 0) is 48.7 Å². The van der Waals surface area contributed by atoms with Gasteiger partial charge >= 0.3 is 0 Å². The highest BCUT2D eigenvalue weighted by atomic mass is 16.5. The first-order valence-corrected chi connectivity index (χ1v) is 23.6. The number of unbranched alkanes of at least 4 members (excludes halogenated alkanes) is 3. The predicted molar refractivity (Wildman–Crippen MR) is 256 cm³/mol. The quantitative estimate of drug-likeness (QED) is 0.0328. The number of fused-ring (bicyclic) bond motifs is 1. The number of imide groups is 1. The van der Waals surface area contributed by atoms with Crippen LogP contribution in [0.15, 0.2) is 85.3 Å². The normalized spacial score (nSPS) is 16.2. The van der Waals surface area contributed by atoms with Crippen molar-refractivity contribution in [3.63, 3.8) is 0 Å². The first kappa shape index (κ1) is 50.2. The molecule has 19 nitrogen and oxygen atoms in total. The molecule has 3 aromatic carbocycles. The number of nitrogens with zero attached hydrogens (tertiary/aromatic N) is 6. The number of carbonyl (C=O) groups is 4. The van der Waals surface area contributed by atoms with Gasteiger partial charge in [-0.2, -0.15) is 0 Å². The number of ether oxygens (including phenoxy) is 4. The maximum absolute atomic E-state index is 13.3. The largest absolute Gasteiger partial charge is 0.494 e. The third kappa shape index (κ3) is 14.4. The van der Waals surface area contributed by atoms with Crippen molar-refractivity contribution >= 4 is 35.0 Å². The molecule has 2 unspecified atom stereocenters. The molecule has 1 fully saturated rings. The molecule has 5 aromatic rings. The second kappa shape index (κ2) is 25.6. The lowest BCUT2D eigenvalue weighted by atomic mass is 10.0. The molecule has 1 saturated heterocycles. The van der Waals surface area contributed by atoms with Gasteiger partial charge in [0.25, 0.3) is 5.91 Å². The van der Waals surface area contributed by atoms with E-state index in [0.717, 1.165) is 54.1 Å². The topological polar surface area (TPSA) is 233 Å². The van der Waals surface area contributed by atoms with E-state index in [1.165, 1.54) is 6.33 Å². The average molecular weight is 947 g/mol. The number of aliphatic hydroxyl groups excluding tert-OH is 1. The molecular formula is C50H62N10O9. The molecule has 3 atom stereocenters. The van der Waals surface area contributed by atoms with Crippen LogP contribution in [0.25, 0.3) is 11.5 Å². The fourth-order valence-corrected chi connectivity index (χ4v) is 8.16. The zero-order valence-electron chi connectivity index (χ0n) is 39.2. The fourth-order valence-electron chi connectivity index (χ4n) is 8.16. The van der Waals surface area contributed by atoms with Gasteiger partial charge in [0.05, 0.1) is 51.7 Å². The van der Waals surface area contributed by atoms with Crippen molar-refractivity contribution in [2.24, 2.45) is 7.05 Å². The minimum atomic E-state index is -0.998. The summed E-state index contributed by atoms with van der Waals surface area (Å²) < 4.78 is 24.9. The van der Waals surface area contributed by atoms with Gasteiger partial charge in [0.15, 0.2) is 11.6 Å². The van der Waals surface area contributed by atoms with E-state index in [1.54, 1.807) is 41.4 Å². The van der Waals surface area contributed by atoms with Crippen molar-refractivity contribution < 1.29 is 43.2 Å². The Morgan fingerprint density at radius 2 is 1.62 bits per heavy atom. The van der Waals surface area contributed by atoms with Gasteiger partial charge in [-0.25, -0.2) is 9.97 Å². The lowest BCUT2D eigenvalue weighted by Gasteiger charge is -2.31. The number of carbonyl (C=O) groups excluding carboxylic acids is 4. The number of nitrogens with one attached hydrogen (secondary N) is 4. The van der Waals surface area contributed by atoms with Crippen molar-refractivity contribution in [1.82, 2.24) is 40.3 Å². The number of piperidine rings is 1. The molecule has 0 bridgehead atoms. The van der Waals surface area contributed by atoms with E-state index in [-0.39, 0.29) is 43.1 Å². The molecule has 69 heavy (non-hydrogen) atoms. The van der Waals surface area contributed by atoms with Crippen LogP contribution in [0, 0.1) is 0 Å². The van der Waals surface area contributed by atoms with E-state index in [1.807, 2.05) is 61.0 Å². The van der Waals surface area contributed by atoms with Crippen molar-refractivity contribution in [3.8, 4) is 17.3 Å². The van der Waals surface area contributed by atoms with Crippen LogP contribution in [0.4, 0.5) is 11.4 Å². The Kier molecular flexibility index (Phi) is 18.7. The summed E-state index contributed by atoms with van der Waals surface area (Å²) in [6, 6.07) is 21.4. The molecule has 4 heterocycles. The Morgan fingerprint density at radius 1 is 0.870 bits per heavy atom. The summed E-state index contributed by atoms with van der Waals surface area (Å²) in [6.45, 7) is 6.15. The highest BCUT2D eigenvalue weighted by Gasteiger charge is 2.40. The van der Waals surface area contributed by atoms with Gasteiger partial charge in [0.1, 0.15) is 24.0 Å². The maximum Gasteiger partial charge on any atom is 0.251 e. The molecular weight excluding hydrogens is 885 g/mol. The van der Waals surface area contributed by atoms with Gasteiger partial charge in [-0.1, -0.05) is 36.8 Å². The summed E-state index contributed by atoms with van der Waals surface area (Å²) in [5, 5.41) is 31.2. The SMILES string of the molecule is C[C@H](NC(=O)c1cccc(NCc2nnc(-c3ccncn3)n2C)c1)c1cccc(OCCCCCCOCCOCCOCCCC(=O)Nc2cccc3c2CN(C2CCC(=O)NC2=O)C3O)c1. The Hall–Kier alpha value is -6.64. The molecule has 2 aliphatic heterocycles. The number of rotatable bonds is 27. The molecule has 0 spiro atoms. The van der Waals surface area contributed by atoms with Gasteiger partial charge in [-0.3, -0.25) is 29.4 Å². The van der Waals surface area contributed by atoms with Gasteiger partial charge in [0, 0.05) is 68.3 Å². The van der Waals surface area contributed by atoms with Crippen molar-refractivity contribution in [2.45, 2.75) is 89.7 Å². The zero-order chi connectivity index (χ0) is 48.4. The first-order valence-electron chi connectivity index (χ1n) is 23.6. The third-order valence-corrected chi connectivity index (χ3v) is 12.0. The minimum absolute atomic E-state index is 0.167. The van der Waals surface area contributed by atoms with Crippen LogP contribution < -0.4 is 26.0 Å². The van der Waals surface area contributed by atoms with Crippen molar-refractivity contribution in [3.05, 3.63) is 113 Å². The smallest absolute Gasteiger partial charge is 0.251 e. The fraction of sp³-hybridized carbons (Fsp3) is 0.440. The zero-order valence-corrected chi connectivity index (χ0v) is 39.2. The molecule has 19 heteroatoms. The summed E-state index contributed by atoms with van der Waals surface area (Å²) in [6.07, 6.45) is 7.41. The second-order valence-electron chi connectivity index (χ2n) is 16.9. The van der Waals surface area contributed by atoms with Crippen LogP contribution in [0.1, 0.15) is 103 Å². The van der Waals surface area contributed by atoms with Crippen LogP contribution in [0.3, 0.4) is 0 Å². The maximum atomic E-state index is 13.3. The second-order valence-corrected chi connectivity index (χ2v) is 16.9. The summed E-state index contributed by atoms with van der Waals surface area (Å²) >= 11 is 0. The first-order chi connectivity index (χ1) is 33.6. The summed E-state index contributed by atoms with van der Waals surface area (Å²) in [5.41, 5.74) is 4.96. The number of amides is 4. The molecule has 5 N–H and O–H groups in total. The van der Waals surface area contributed by atoms with Crippen molar-refractivity contribution in [2.75, 3.05) is 56.9 Å². The highest BCUT2D eigenvalue weighted by molar-refractivity contribution is 6.00. The van der Waals surface area contributed by atoms with Crippen LogP contribution >= 0.6 is 0 Å². The number of anilines is 2. The van der Waals surface area contributed by atoms with E-state index in [2.05, 4.69) is 41.4 Å². The Balaban J connectivity index is 0.675. The van der Waals surface area contributed by atoms with Gasteiger partial charge in [-0.05, 0) is 92.6 Å². The number of aliphatic hydroxyl groups is 1. The lowest BCUT2D eigenvalue weighted by molar-refractivity contribution is -0.141. The van der Waals surface area contributed by atoms with Crippen molar-refractivity contribution in [1.29, 1.82) is 0 Å². The van der Waals surface area contributed by atoms with Gasteiger partial charge in [-0.15, -0.1) is 10.2 Å². The summed E-state index contributed by atoms with van der Waals surface area (Å²) in [7, 11) is 1.88. The Bertz CT molecular complexity index is 2490. The van der Waals surface area contributed by atoms with Gasteiger partial charge in [0.2, 0.25) is 17.7 Å². The molecule has 0 saturated carbocycles. The lowest BCUT2D eigenvalue weighted by Crippen LogP contribution is -2.51. The van der Waals surface area contributed by atoms with Crippen LogP contribution in [-0.4, -0.2) is 111 Å². The highest BCUT2D eigenvalue weighted by Crippen LogP contribution is 2.39. The molecule has 0 radical (unpaired) electrons. The minimum Gasteiger partial charge on any atom is -0.494 e. The van der Waals surface area contributed by atoms with E-state index in [9.17, 15) is 24.3 Å². The average Bonchev–Trinajstić information content (AvgIpc) is 3.90.